The Morgan fingerprint density at radius 1 is 1.31 bits per heavy atom. The molecule has 0 radical (unpaired) electrons. The maximum Gasteiger partial charge on any atom is 0.0580 e. The summed E-state index contributed by atoms with van der Waals surface area (Å²) in [7, 11) is 2.02. The maximum atomic E-state index is 9.98. The Hall–Kier alpha value is -0.120. The molecule has 1 saturated carbocycles. The normalized spacial score (nSPS) is 30.9. The van der Waals surface area contributed by atoms with Gasteiger partial charge in [0, 0.05) is 13.1 Å². The van der Waals surface area contributed by atoms with Gasteiger partial charge in [-0.1, -0.05) is 19.8 Å². The summed E-state index contributed by atoms with van der Waals surface area (Å²) in [6.45, 7) is 4.07. The molecule has 96 valence electrons. The average Bonchev–Trinajstić information content (AvgIpc) is 2.24. The van der Waals surface area contributed by atoms with E-state index in [4.69, 9.17) is 5.11 Å². The van der Waals surface area contributed by atoms with Crippen LogP contribution in [0, 0.1) is 11.8 Å². The SMILES string of the molecule is CCCC1CCC(O)C(CN(C)CCO)C1. The molecule has 0 aliphatic heterocycles. The lowest BCUT2D eigenvalue weighted by Crippen LogP contribution is -2.38. The highest BCUT2D eigenvalue weighted by molar-refractivity contribution is 4.81. The Balaban J connectivity index is 2.36. The van der Waals surface area contributed by atoms with E-state index in [9.17, 15) is 5.11 Å². The smallest absolute Gasteiger partial charge is 0.0580 e. The Morgan fingerprint density at radius 2 is 2.06 bits per heavy atom. The molecule has 0 aromatic carbocycles. The quantitative estimate of drug-likeness (QED) is 0.725. The molecule has 1 aliphatic carbocycles. The number of rotatable bonds is 6. The van der Waals surface area contributed by atoms with Crippen molar-refractivity contribution in [3.63, 3.8) is 0 Å². The second kappa shape index (κ2) is 7.25. The fourth-order valence-electron chi connectivity index (χ4n) is 2.87. The highest BCUT2D eigenvalue weighted by atomic mass is 16.3. The number of likely N-dealkylation sites (N-methyl/N-ethyl adjacent to an activating group) is 1. The van der Waals surface area contributed by atoms with Gasteiger partial charge < -0.3 is 15.1 Å². The van der Waals surface area contributed by atoms with Crippen molar-refractivity contribution in [2.75, 3.05) is 26.7 Å². The molecule has 0 amide bonds. The van der Waals surface area contributed by atoms with Crippen molar-refractivity contribution in [3.8, 4) is 0 Å². The summed E-state index contributed by atoms with van der Waals surface area (Å²) in [5, 5.41) is 18.8. The first kappa shape index (κ1) is 13.9. The van der Waals surface area contributed by atoms with Crippen LogP contribution in [0.5, 0.6) is 0 Å². The van der Waals surface area contributed by atoms with Crippen molar-refractivity contribution in [2.24, 2.45) is 11.8 Å². The van der Waals surface area contributed by atoms with Crippen molar-refractivity contribution in [1.29, 1.82) is 0 Å². The van der Waals surface area contributed by atoms with E-state index in [2.05, 4.69) is 11.8 Å². The lowest BCUT2D eigenvalue weighted by molar-refractivity contribution is 0.0277. The van der Waals surface area contributed by atoms with E-state index in [0.29, 0.717) is 12.5 Å². The van der Waals surface area contributed by atoms with Gasteiger partial charge in [0.05, 0.1) is 12.7 Å². The Kier molecular flexibility index (Phi) is 6.32. The third-order valence-corrected chi connectivity index (χ3v) is 3.78. The topological polar surface area (TPSA) is 43.7 Å². The van der Waals surface area contributed by atoms with Gasteiger partial charge in [-0.25, -0.2) is 0 Å². The summed E-state index contributed by atoms with van der Waals surface area (Å²) in [6, 6.07) is 0. The lowest BCUT2D eigenvalue weighted by atomic mass is 9.77. The molecule has 0 aromatic rings. The first-order chi connectivity index (χ1) is 7.67. The summed E-state index contributed by atoms with van der Waals surface area (Å²) in [6.07, 6.45) is 5.73. The average molecular weight is 229 g/mol. The number of hydrogen-bond acceptors (Lipinski definition) is 3. The highest BCUT2D eigenvalue weighted by Gasteiger charge is 2.29. The van der Waals surface area contributed by atoms with Gasteiger partial charge in [0.25, 0.3) is 0 Å². The van der Waals surface area contributed by atoms with Crippen LogP contribution < -0.4 is 0 Å². The fraction of sp³-hybridized carbons (Fsp3) is 1.00. The van der Waals surface area contributed by atoms with Gasteiger partial charge in [-0.05, 0) is 38.1 Å². The molecular weight excluding hydrogens is 202 g/mol. The van der Waals surface area contributed by atoms with E-state index in [1.54, 1.807) is 0 Å². The predicted molar refractivity (Wildman–Crippen MR) is 66.3 cm³/mol. The van der Waals surface area contributed by atoms with Gasteiger partial charge in [-0.3, -0.25) is 0 Å². The van der Waals surface area contributed by atoms with Crippen LogP contribution in [0.3, 0.4) is 0 Å². The van der Waals surface area contributed by atoms with Crippen molar-refractivity contribution < 1.29 is 10.2 Å². The molecule has 0 heterocycles. The summed E-state index contributed by atoms with van der Waals surface area (Å²) in [5.41, 5.74) is 0. The largest absolute Gasteiger partial charge is 0.395 e. The zero-order valence-corrected chi connectivity index (χ0v) is 10.7. The molecule has 1 aliphatic rings. The first-order valence-corrected chi connectivity index (χ1v) is 6.64. The number of hydrogen-bond donors (Lipinski definition) is 2. The Morgan fingerprint density at radius 3 is 2.69 bits per heavy atom. The summed E-state index contributed by atoms with van der Waals surface area (Å²) in [5.74, 6) is 1.21. The van der Waals surface area contributed by atoms with E-state index in [1.165, 1.54) is 19.3 Å². The van der Waals surface area contributed by atoms with Gasteiger partial charge in [0.15, 0.2) is 0 Å². The highest BCUT2D eigenvalue weighted by Crippen LogP contribution is 2.32. The monoisotopic (exact) mass is 229 g/mol. The van der Waals surface area contributed by atoms with E-state index in [-0.39, 0.29) is 12.7 Å². The van der Waals surface area contributed by atoms with Crippen molar-refractivity contribution in [1.82, 2.24) is 4.90 Å². The van der Waals surface area contributed by atoms with E-state index >= 15 is 0 Å². The van der Waals surface area contributed by atoms with Gasteiger partial charge in [-0.15, -0.1) is 0 Å². The van der Waals surface area contributed by atoms with Crippen molar-refractivity contribution in [3.05, 3.63) is 0 Å². The summed E-state index contributed by atoms with van der Waals surface area (Å²) >= 11 is 0. The van der Waals surface area contributed by atoms with Gasteiger partial charge in [0.2, 0.25) is 0 Å². The second-order valence-corrected chi connectivity index (χ2v) is 5.28. The molecule has 0 saturated heterocycles. The molecule has 1 fully saturated rings. The number of aliphatic hydroxyl groups excluding tert-OH is 2. The molecule has 0 bridgehead atoms. The van der Waals surface area contributed by atoms with Crippen molar-refractivity contribution >= 4 is 0 Å². The predicted octanol–water partition coefficient (Wildman–Crippen LogP) is 1.49. The Labute approximate surface area is 99.5 Å². The maximum absolute atomic E-state index is 9.98. The summed E-state index contributed by atoms with van der Waals surface area (Å²) < 4.78 is 0. The van der Waals surface area contributed by atoms with Crippen LogP contribution in [0.15, 0.2) is 0 Å². The first-order valence-electron chi connectivity index (χ1n) is 6.64. The van der Waals surface area contributed by atoms with E-state index in [1.807, 2.05) is 7.05 Å². The van der Waals surface area contributed by atoms with Crippen LogP contribution in [0.25, 0.3) is 0 Å². The van der Waals surface area contributed by atoms with E-state index < -0.39 is 0 Å². The molecule has 3 heteroatoms. The Bertz CT molecular complexity index is 185. The standard InChI is InChI=1S/C13H27NO2/c1-3-4-11-5-6-13(16)12(9-11)10-14(2)7-8-15/h11-13,15-16H,3-10H2,1-2H3. The molecule has 0 aromatic heterocycles. The van der Waals surface area contributed by atoms with Crippen LogP contribution in [-0.4, -0.2) is 48.0 Å². The number of aliphatic hydroxyl groups is 2. The zero-order chi connectivity index (χ0) is 12.0. The van der Waals surface area contributed by atoms with Gasteiger partial charge in [0.1, 0.15) is 0 Å². The lowest BCUT2D eigenvalue weighted by Gasteiger charge is -2.35. The fourth-order valence-corrected chi connectivity index (χ4v) is 2.87. The third kappa shape index (κ3) is 4.40. The molecular formula is C13H27NO2. The van der Waals surface area contributed by atoms with Crippen LogP contribution in [-0.2, 0) is 0 Å². The van der Waals surface area contributed by atoms with Crippen LogP contribution in [0.1, 0.15) is 39.0 Å². The van der Waals surface area contributed by atoms with E-state index in [0.717, 1.165) is 25.3 Å². The molecule has 2 N–H and O–H groups in total. The van der Waals surface area contributed by atoms with Crippen LogP contribution >= 0.6 is 0 Å². The molecule has 3 unspecified atom stereocenters. The zero-order valence-electron chi connectivity index (χ0n) is 10.7. The van der Waals surface area contributed by atoms with Crippen LogP contribution in [0.2, 0.25) is 0 Å². The summed E-state index contributed by atoms with van der Waals surface area (Å²) in [4.78, 5) is 2.13. The minimum atomic E-state index is -0.130. The minimum Gasteiger partial charge on any atom is -0.395 e. The molecule has 0 spiro atoms. The third-order valence-electron chi connectivity index (χ3n) is 3.78. The van der Waals surface area contributed by atoms with Crippen LogP contribution in [0.4, 0.5) is 0 Å². The molecule has 3 nitrogen and oxygen atoms in total. The molecule has 1 rings (SSSR count). The second-order valence-electron chi connectivity index (χ2n) is 5.28. The van der Waals surface area contributed by atoms with Crippen molar-refractivity contribution in [2.45, 2.75) is 45.1 Å². The molecule has 3 atom stereocenters. The number of nitrogens with zero attached hydrogens (tertiary/aromatic N) is 1. The van der Waals surface area contributed by atoms with Gasteiger partial charge in [-0.2, -0.15) is 0 Å². The molecule has 16 heavy (non-hydrogen) atoms. The van der Waals surface area contributed by atoms with Gasteiger partial charge >= 0.3 is 0 Å². The minimum absolute atomic E-state index is 0.130.